The number of amides is 1. The Kier molecular flexibility index (Phi) is 4.88. The Morgan fingerprint density at radius 2 is 2.13 bits per heavy atom. The molecule has 1 aliphatic rings. The summed E-state index contributed by atoms with van der Waals surface area (Å²) in [5, 5.41) is 7.25. The molecule has 2 aromatic carbocycles. The van der Waals surface area contributed by atoms with Crippen LogP contribution in [0.4, 0.5) is 11.5 Å². The van der Waals surface area contributed by atoms with Crippen LogP contribution in [0.2, 0.25) is 5.02 Å². The predicted molar refractivity (Wildman–Crippen MR) is 114 cm³/mol. The van der Waals surface area contributed by atoms with Crippen LogP contribution in [0.15, 0.2) is 42.6 Å². The van der Waals surface area contributed by atoms with E-state index in [-0.39, 0.29) is 5.91 Å². The highest BCUT2D eigenvalue weighted by Gasteiger charge is 2.34. The molecule has 0 bridgehead atoms. The molecule has 2 heterocycles. The van der Waals surface area contributed by atoms with Gasteiger partial charge in [-0.2, -0.15) is 5.10 Å². The van der Waals surface area contributed by atoms with E-state index in [1.807, 2.05) is 13.8 Å². The average molecular weight is 423 g/mol. The van der Waals surface area contributed by atoms with Gasteiger partial charge in [0.15, 0.2) is 5.82 Å². The lowest BCUT2D eigenvalue weighted by atomic mass is 9.99. The zero-order chi connectivity index (χ0) is 21.5. The molecule has 0 saturated carbocycles. The molecule has 152 valence electrons. The fourth-order valence-electron chi connectivity index (χ4n) is 3.31. The molecule has 7 nitrogen and oxygen atoms in total. The standard InChI is InChI=1S/C22H19ClN4O3/c1-22(2)12-15-18(29-14-5-6-17(24-3)16(23)11-14)9-13(10-19(15)30-22)21(28)25-20-7-8-27(4)26-20/h5-11H,12H2,1-2,4H3,(H,25,26,28). The van der Waals surface area contributed by atoms with E-state index in [2.05, 4.69) is 15.3 Å². The summed E-state index contributed by atoms with van der Waals surface area (Å²) in [6, 6.07) is 9.96. The summed E-state index contributed by atoms with van der Waals surface area (Å²) < 4.78 is 13.7. The molecule has 8 heteroatoms. The van der Waals surface area contributed by atoms with Crippen molar-refractivity contribution < 1.29 is 14.3 Å². The van der Waals surface area contributed by atoms with Crippen molar-refractivity contribution in [2.75, 3.05) is 5.32 Å². The van der Waals surface area contributed by atoms with E-state index in [0.29, 0.717) is 45.8 Å². The molecule has 1 aliphatic heterocycles. The van der Waals surface area contributed by atoms with Crippen molar-refractivity contribution in [2.45, 2.75) is 25.9 Å². The Morgan fingerprint density at radius 3 is 2.80 bits per heavy atom. The van der Waals surface area contributed by atoms with Crippen molar-refractivity contribution in [2.24, 2.45) is 7.05 Å². The minimum Gasteiger partial charge on any atom is -0.487 e. The smallest absolute Gasteiger partial charge is 0.257 e. The number of halogens is 1. The summed E-state index contributed by atoms with van der Waals surface area (Å²) in [5.74, 6) is 1.72. The Labute approximate surface area is 179 Å². The number of rotatable bonds is 4. The van der Waals surface area contributed by atoms with Crippen molar-refractivity contribution in [1.82, 2.24) is 9.78 Å². The van der Waals surface area contributed by atoms with Crippen molar-refractivity contribution >= 4 is 29.0 Å². The number of carbonyl (C=O) groups is 1. The second-order valence-corrected chi connectivity index (χ2v) is 8.05. The van der Waals surface area contributed by atoms with E-state index in [1.165, 1.54) is 0 Å². The molecule has 30 heavy (non-hydrogen) atoms. The minimum atomic E-state index is -0.415. The highest BCUT2D eigenvalue weighted by Crippen LogP contribution is 2.43. The lowest BCUT2D eigenvalue weighted by molar-refractivity contribution is 0.102. The van der Waals surface area contributed by atoms with Crippen LogP contribution < -0.4 is 14.8 Å². The SMILES string of the molecule is [C-]#[N+]c1ccc(Oc2cc(C(=O)Nc3ccn(C)n3)cc3c2CC(C)(C)O3)cc1Cl. The van der Waals surface area contributed by atoms with Gasteiger partial charge < -0.3 is 14.8 Å². The Hall–Kier alpha value is -3.50. The van der Waals surface area contributed by atoms with Crippen LogP contribution in [0, 0.1) is 6.57 Å². The molecule has 1 N–H and O–H groups in total. The predicted octanol–water partition coefficient (Wildman–Crippen LogP) is 5.38. The summed E-state index contributed by atoms with van der Waals surface area (Å²) in [4.78, 5) is 16.2. The van der Waals surface area contributed by atoms with Gasteiger partial charge in [-0.3, -0.25) is 9.48 Å². The Balaban J connectivity index is 1.69. The van der Waals surface area contributed by atoms with Crippen molar-refractivity contribution in [3.8, 4) is 17.2 Å². The van der Waals surface area contributed by atoms with E-state index in [0.717, 1.165) is 5.56 Å². The summed E-state index contributed by atoms with van der Waals surface area (Å²) in [6.45, 7) is 11.1. The number of aryl methyl sites for hydroxylation is 1. The van der Waals surface area contributed by atoms with E-state index < -0.39 is 5.60 Å². The summed E-state index contributed by atoms with van der Waals surface area (Å²) in [7, 11) is 1.78. The maximum atomic E-state index is 12.8. The van der Waals surface area contributed by atoms with Crippen LogP contribution >= 0.6 is 11.6 Å². The lowest BCUT2D eigenvalue weighted by Gasteiger charge is -2.16. The Bertz CT molecular complexity index is 1190. The number of hydrogen-bond donors (Lipinski definition) is 1. The molecule has 1 amide bonds. The minimum absolute atomic E-state index is 0.305. The average Bonchev–Trinajstić information content (AvgIpc) is 3.22. The second kappa shape index (κ2) is 7.39. The molecule has 0 atom stereocenters. The number of carbonyl (C=O) groups excluding carboxylic acids is 1. The molecular formula is C22H19ClN4O3. The van der Waals surface area contributed by atoms with Gasteiger partial charge in [0.25, 0.3) is 5.91 Å². The van der Waals surface area contributed by atoms with Crippen molar-refractivity contribution in [3.05, 3.63) is 70.2 Å². The van der Waals surface area contributed by atoms with Crippen LogP contribution in [0.25, 0.3) is 4.85 Å². The topological polar surface area (TPSA) is 69.7 Å². The number of nitrogens with zero attached hydrogens (tertiary/aromatic N) is 3. The van der Waals surface area contributed by atoms with Crippen LogP contribution in [0.5, 0.6) is 17.2 Å². The summed E-state index contributed by atoms with van der Waals surface area (Å²) >= 11 is 6.14. The fourth-order valence-corrected chi connectivity index (χ4v) is 3.52. The molecule has 0 spiro atoms. The monoisotopic (exact) mass is 422 g/mol. The largest absolute Gasteiger partial charge is 0.487 e. The van der Waals surface area contributed by atoms with Gasteiger partial charge >= 0.3 is 0 Å². The summed E-state index contributed by atoms with van der Waals surface area (Å²) in [5.41, 5.74) is 1.19. The number of ether oxygens (including phenoxy) is 2. The first-order valence-electron chi connectivity index (χ1n) is 9.26. The van der Waals surface area contributed by atoms with Crippen molar-refractivity contribution in [3.63, 3.8) is 0 Å². The van der Waals surface area contributed by atoms with Gasteiger partial charge in [0.05, 0.1) is 11.6 Å². The highest BCUT2D eigenvalue weighted by molar-refractivity contribution is 6.33. The van der Waals surface area contributed by atoms with Gasteiger partial charge in [-0.05, 0) is 38.1 Å². The van der Waals surface area contributed by atoms with Gasteiger partial charge in [-0.25, -0.2) is 4.85 Å². The molecule has 3 aromatic rings. The van der Waals surface area contributed by atoms with E-state index >= 15 is 0 Å². The zero-order valence-corrected chi connectivity index (χ0v) is 17.4. The quantitative estimate of drug-likeness (QED) is 0.573. The summed E-state index contributed by atoms with van der Waals surface area (Å²) in [6.07, 6.45) is 2.38. The molecule has 4 rings (SSSR count). The van der Waals surface area contributed by atoms with Gasteiger partial charge in [-0.1, -0.05) is 17.7 Å². The fraction of sp³-hybridized carbons (Fsp3) is 0.227. The highest BCUT2D eigenvalue weighted by atomic mass is 35.5. The number of aromatic nitrogens is 2. The maximum Gasteiger partial charge on any atom is 0.257 e. The number of nitrogens with one attached hydrogen (secondary N) is 1. The third-order valence-corrected chi connectivity index (χ3v) is 4.94. The molecule has 0 unspecified atom stereocenters. The normalized spacial score (nSPS) is 13.8. The van der Waals surface area contributed by atoms with Crippen molar-refractivity contribution in [1.29, 1.82) is 0 Å². The maximum absolute atomic E-state index is 12.8. The molecule has 0 radical (unpaired) electrons. The van der Waals surface area contributed by atoms with E-state index in [1.54, 1.807) is 54.3 Å². The molecule has 0 aliphatic carbocycles. The second-order valence-electron chi connectivity index (χ2n) is 7.65. The zero-order valence-electron chi connectivity index (χ0n) is 16.7. The van der Waals surface area contributed by atoms with Gasteiger partial charge in [-0.15, -0.1) is 0 Å². The third kappa shape index (κ3) is 3.95. The van der Waals surface area contributed by atoms with Gasteiger partial charge in [0.2, 0.25) is 5.69 Å². The number of anilines is 1. The third-order valence-electron chi connectivity index (χ3n) is 4.64. The molecule has 0 fully saturated rings. The first kappa shape index (κ1) is 19.8. The van der Waals surface area contributed by atoms with E-state index in [9.17, 15) is 4.79 Å². The first-order valence-corrected chi connectivity index (χ1v) is 9.64. The van der Waals surface area contributed by atoms with Gasteiger partial charge in [0.1, 0.15) is 22.8 Å². The van der Waals surface area contributed by atoms with Crippen LogP contribution in [-0.4, -0.2) is 21.3 Å². The van der Waals surface area contributed by atoms with Crippen LogP contribution in [0.3, 0.4) is 0 Å². The molecule has 1 aromatic heterocycles. The van der Waals surface area contributed by atoms with Crippen LogP contribution in [0.1, 0.15) is 29.8 Å². The molecular weight excluding hydrogens is 404 g/mol. The lowest BCUT2D eigenvalue weighted by Crippen LogP contribution is -2.24. The molecule has 0 saturated heterocycles. The van der Waals surface area contributed by atoms with Crippen LogP contribution in [-0.2, 0) is 13.5 Å². The number of hydrogen-bond acceptors (Lipinski definition) is 4. The van der Waals surface area contributed by atoms with Gasteiger partial charge in [0, 0.05) is 36.9 Å². The number of fused-ring (bicyclic) bond motifs is 1. The Morgan fingerprint density at radius 1 is 1.33 bits per heavy atom. The van der Waals surface area contributed by atoms with E-state index in [4.69, 9.17) is 27.6 Å². The number of benzene rings is 2. The first-order chi connectivity index (χ1) is 14.2.